The average Bonchev–Trinajstić information content (AvgIpc) is 3.27. The number of nitrogens with one attached hydrogen (secondary N) is 2. The van der Waals surface area contributed by atoms with Crippen molar-refractivity contribution >= 4 is 16.0 Å². The largest absolute Gasteiger partial charge is 0.466 e. The monoisotopic (exact) mass is 353 g/mol. The van der Waals surface area contributed by atoms with E-state index in [2.05, 4.69) is 10.9 Å². The van der Waals surface area contributed by atoms with Crippen LogP contribution < -0.4 is 10.9 Å². The molecule has 1 saturated carbocycles. The molecular weight excluding hydrogens is 330 g/mol. The molecule has 24 heavy (non-hydrogen) atoms. The quantitative estimate of drug-likeness (QED) is 0.698. The maximum atomic E-state index is 13.2. The van der Waals surface area contributed by atoms with Gasteiger partial charge in [-0.3, -0.25) is 10.2 Å². The van der Waals surface area contributed by atoms with Crippen molar-refractivity contribution in [1.82, 2.24) is 15.2 Å². The molecule has 1 heterocycles. The topological polar surface area (TPSA) is 87.7 Å². The number of esters is 1. The number of carbonyl (C=O) groups is 1. The number of nitrogens with zero attached hydrogens (tertiary/aromatic N) is 1. The fourth-order valence-corrected chi connectivity index (χ4v) is 5.02. The summed E-state index contributed by atoms with van der Waals surface area (Å²) in [6.07, 6.45) is 1.71. The minimum absolute atomic E-state index is 0.0143. The number of hydrogen-bond donors (Lipinski definition) is 2. The first-order chi connectivity index (χ1) is 11.5. The molecular formula is C16H23N3O4S. The Morgan fingerprint density at radius 3 is 2.62 bits per heavy atom. The van der Waals surface area contributed by atoms with Crippen molar-refractivity contribution in [3.63, 3.8) is 0 Å². The van der Waals surface area contributed by atoms with Crippen LogP contribution in [0.15, 0.2) is 30.3 Å². The highest BCUT2D eigenvalue weighted by Gasteiger charge is 2.48. The molecule has 1 aliphatic carbocycles. The van der Waals surface area contributed by atoms with Crippen LogP contribution in [0.4, 0.5) is 0 Å². The molecule has 0 radical (unpaired) electrons. The standard InChI is InChI=1S/C16H23N3O4S/c1-2-23-16(20)14-10-17-18-15(14)24(21,22)19(13-8-9-13)11-12-6-4-3-5-7-12/h3-7,13-15,17-18H,2,8-11H2,1H3. The molecule has 1 saturated heterocycles. The molecule has 1 aliphatic heterocycles. The Bertz CT molecular complexity index is 676. The van der Waals surface area contributed by atoms with Crippen LogP contribution in [0.1, 0.15) is 25.3 Å². The number of hydrazine groups is 1. The van der Waals surface area contributed by atoms with Crippen LogP contribution in [-0.2, 0) is 26.1 Å². The van der Waals surface area contributed by atoms with Gasteiger partial charge >= 0.3 is 5.97 Å². The van der Waals surface area contributed by atoms with Gasteiger partial charge in [0.2, 0.25) is 10.0 Å². The number of carbonyl (C=O) groups excluding carboxylic acids is 1. The van der Waals surface area contributed by atoms with Crippen molar-refractivity contribution < 1.29 is 17.9 Å². The molecule has 132 valence electrons. The second-order valence-electron chi connectivity index (χ2n) is 6.11. The zero-order valence-electron chi connectivity index (χ0n) is 13.6. The normalized spacial score (nSPS) is 24.2. The van der Waals surface area contributed by atoms with Crippen molar-refractivity contribution in [2.75, 3.05) is 13.2 Å². The molecule has 3 rings (SSSR count). The predicted octanol–water partition coefficient (Wildman–Crippen LogP) is 0.594. The summed E-state index contributed by atoms with van der Waals surface area (Å²) in [7, 11) is -3.69. The molecule has 1 aromatic carbocycles. The summed E-state index contributed by atoms with van der Waals surface area (Å²) in [4.78, 5) is 12.1. The fourth-order valence-electron chi connectivity index (χ4n) is 2.91. The molecule has 2 fully saturated rings. The van der Waals surface area contributed by atoms with Crippen molar-refractivity contribution in [2.24, 2.45) is 5.92 Å². The molecule has 0 spiro atoms. The van der Waals surface area contributed by atoms with E-state index in [1.807, 2.05) is 30.3 Å². The first kappa shape index (κ1) is 17.3. The summed E-state index contributed by atoms with van der Waals surface area (Å²) in [6, 6.07) is 9.52. The molecule has 2 N–H and O–H groups in total. The van der Waals surface area contributed by atoms with Gasteiger partial charge in [-0.2, -0.15) is 4.31 Å². The van der Waals surface area contributed by atoms with Crippen molar-refractivity contribution in [2.45, 2.75) is 37.7 Å². The van der Waals surface area contributed by atoms with E-state index in [0.717, 1.165) is 18.4 Å². The van der Waals surface area contributed by atoms with Crippen molar-refractivity contribution in [3.05, 3.63) is 35.9 Å². The van der Waals surface area contributed by atoms with Crippen molar-refractivity contribution in [1.29, 1.82) is 0 Å². The minimum atomic E-state index is -3.69. The lowest BCUT2D eigenvalue weighted by atomic mass is 10.2. The third-order valence-corrected chi connectivity index (χ3v) is 6.47. The van der Waals surface area contributed by atoms with E-state index in [1.54, 1.807) is 6.92 Å². The number of sulfonamides is 1. The summed E-state index contributed by atoms with van der Waals surface area (Å²) in [5, 5.41) is -0.999. The smallest absolute Gasteiger partial charge is 0.313 e. The first-order valence-corrected chi connectivity index (χ1v) is 9.74. The van der Waals surface area contributed by atoms with E-state index in [0.29, 0.717) is 6.54 Å². The number of benzene rings is 1. The highest BCUT2D eigenvalue weighted by atomic mass is 32.2. The molecule has 8 heteroatoms. The Balaban J connectivity index is 1.82. The number of rotatable bonds is 7. The minimum Gasteiger partial charge on any atom is -0.466 e. The van der Waals surface area contributed by atoms with E-state index in [9.17, 15) is 13.2 Å². The van der Waals surface area contributed by atoms with Crippen LogP contribution in [0.5, 0.6) is 0 Å². The van der Waals surface area contributed by atoms with E-state index in [-0.39, 0.29) is 19.2 Å². The third-order valence-electron chi connectivity index (χ3n) is 4.30. The van der Waals surface area contributed by atoms with Gasteiger partial charge in [-0.15, -0.1) is 0 Å². The van der Waals surface area contributed by atoms with Gasteiger partial charge in [-0.25, -0.2) is 13.8 Å². The molecule has 2 atom stereocenters. The summed E-state index contributed by atoms with van der Waals surface area (Å²) >= 11 is 0. The molecule has 1 aromatic rings. The number of hydrogen-bond acceptors (Lipinski definition) is 6. The average molecular weight is 353 g/mol. The van der Waals surface area contributed by atoms with Crippen molar-refractivity contribution in [3.8, 4) is 0 Å². The van der Waals surface area contributed by atoms with E-state index in [1.165, 1.54) is 4.31 Å². The Labute approximate surface area is 142 Å². The molecule has 2 unspecified atom stereocenters. The maximum absolute atomic E-state index is 13.2. The van der Waals surface area contributed by atoms with Gasteiger partial charge in [0, 0.05) is 19.1 Å². The molecule has 0 amide bonds. The Hall–Kier alpha value is -1.48. The van der Waals surface area contributed by atoms with Gasteiger partial charge in [0.15, 0.2) is 5.37 Å². The van der Waals surface area contributed by atoms with Gasteiger partial charge in [0.05, 0.1) is 6.61 Å². The van der Waals surface area contributed by atoms with E-state index in [4.69, 9.17) is 4.74 Å². The van der Waals surface area contributed by atoms with Gasteiger partial charge < -0.3 is 4.74 Å². The lowest BCUT2D eigenvalue weighted by molar-refractivity contribution is -0.147. The van der Waals surface area contributed by atoms with Gasteiger partial charge in [-0.1, -0.05) is 30.3 Å². The summed E-state index contributed by atoms with van der Waals surface area (Å²) in [5.41, 5.74) is 6.48. The van der Waals surface area contributed by atoms with Gasteiger partial charge in [0.1, 0.15) is 5.92 Å². The lowest BCUT2D eigenvalue weighted by Crippen LogP contribution is -2.49. The number of ether oxygens (including phenoxy) is 1. The summed E-state index contributed by atoms with van der Waals surface area (Å²) in [6.45, 7) is 2.51. The van der Waals surface area contributed by atoms with Crippen LogP contribution in [0.2, 0.25) is 0 Å². The molecule has 7 nitrogen and oxygen atoms in total. The SMILES string of the molecule is CCOC(=O)C1CNNC1S(=O)(=O)N(Cc1ccccc1)C1CC1. The second kappa shape index (κ2) is 7.18. The molecule has 2 aliphatic rings. The second-order valence-corrected chi connectivity index (χ2v) is 8.12. The Morgan fingerprint density at radius 1 is 1.29 bits per heavy atom. The van der Waals surface area contributed by atoms with Gasteiger partial charge in [0.25, 0.3) is 0 Å². The van der Waals surface area contributed by atoms with Crippen LogP contribution in [0.25, 0.3) is 0 Å². The van der Waals surface area contributed by atoms with E-state index >= 15 is 0 Å². The van der Waals surface area contributed by atoms with Crippen LogP contribution >= 0.6 is 0 Å². The Kier molecular flexibility index (Phi) is 5.19. The fraction of sp³-hybridized carbons (Fsp3) is 0.562. The van der Waals surface area contributed by atoms with Crippen LogP contribution in [-0.4, -0.2) is 43.3 Å². The first-order valence-electron chi connectivity index (χ1n) is 8.23. The third kappa shape index (κ3) is 3.61. The summed E-state index contributed by atoms with van der Waals surface area (Å²) < 4.78 is 32.9. The molecule has 0 bridgehead atoms. The zero-order valence-corrected chi connectivity index (χ0v) is 14.5. The van der Waals surface area contributed by atoms with Gasteiger partial charge in [-0.05, 0) is 25.3 Å². The lowest BCUT2D eigenvalue weighted by Gasteiger charge is -2.27. The highest BCUT2D eigenvalue weighted by molar-refractivity contribution is 7.89. The van der Waals surface area contributed by atoms with Crippen LogP contribution in [0.3, 0.4) is 0 Å². The summed E-state index contributed by atoms with van der Waals surface area (Å²) in [5.74, 6) is -1.23. The predicted molar refractivity (Wildman–Crippen MR) is 89.0 cm³/mol. The zero-order chi connectivity index (χ0) is 17.2. The molecule has 0 aromatic heterocycles. The van der Waals surface area contributed by atoms with Crippen LogP contribution in [0, 0.1) is 5.92 Å². The highest BCUT2D eigenvalue weighted by Crippen LogP contribution is 2.33. The maximum Gasteiger partial charge on any atom is 0.313 e. The van der Waals surface area contributed by atoms with E-state index < -0.39 is 27.3 Å². The Morgan fingerprint density at radius 2 is 2.00 bits per heavy atom.